The third kappa shape index (κ3) is 3.07. The van der Waals surface area contributed by atoms with E-state index in [0.29, 0.717) is 31.3 Å². The Hall–Kier alpha value is -1.26. The first-order valence-corrected chi connectivity index (χ1v) is 7.68. The highest BCUT2D eigenvalue weighted by Gasteiger charge is 2.36. The molecule has 0 aliphatic carbocycles. The van der Waals surface area contributed by atoms with Gasteiger partial charge in [-0.1, -0.05) is 13.8 Å². The van der Waals surface area contributed by atoms with Gasteiger partial charge in [-0.2, -0.15) is 0 Å². The predicted octanol–water partition coefficient (Wildman–Crippen LogP) is 2.27. The van der Waals surface area contributed by atoms with Gasteiger partial charge in [0, 0.05) is 25.7 Å². The molecule has 0 aromatic rings. The van der Waals surface area contributed by atoms with Crippen LogP contribution in [0.1, 0.15) is 40.0 Å². The second kappa shape index (κ2) is 6.02. The molecular formula is C15H26N2O3. The number of carbonyl (C=O) groups excluding carboxylic acids is 1. The fraction of sp³-hybridized carbons (Fsp3) is 0.867. The lowest BCUT2D eigenvalue weighted by Gasteiger charge is -2.44. The van der Waals surface area contributed by atoms with Crippen LogP contribution in [0, 0.1) is 17.8 Å². The second-order valence-electron chi connectivity index (χ2n) is 6.62. The number of urea groups is 1. The van der Waals surface area contributed by atoms with E-state index in [1.807, 2.05) is 4.90 Å². The van der Waals surface area contributed by atoms with Crippen molar-refractivity contribution in [1.29, 1.82) is 0 Å². The van der Waals surface area contributed by atoms with Crippen molar-refractivity contribution in [3.63, 3.8) is 0 Å². The number of hydrogen-bond donors (Lipinski definition) is 1. The molecule has 114 valence electrons. The molecule has 0 radical (unpaired) electrons. The molecule has 0 aromatic carbocycles. The Bertz CT molecular complexity index is 385. The number of carboxylic acids is 1. The van der Waals surface area contributed by atoms with Crippen molar-refractivity contribution in [2.24, 2.45) is 17.8 Å². The van der Waals surface area contributed by atoms with Crippen LogP contribution in [-0.4, -0.2) is 52.6 Å². The van der Waals surface area contributed by atoms with Crippen molar-refractivity contribution in [2.45, 2.75) is 46.1 Å². The van der Waals surface area contributed by atoms with Gasteiger partial charge in [0.1, 0.15) is 0 Å². The molecule has 0 spiro atoms. The maximum Gasteiger partial charge on any atom is 0.320 e. The maximum atomic E-state index is 12.7. The summed E-state index contributed by atoms with van der Waals surface area (Å²) in [4.78, 5) is 27.5. The third-order valence-corrected chi connectivity index (χ3v) is 4.88. The van der Waals surface area contributed by atoms with Crippen molar-refractivity contribution < 1.29 is 14.7 Å². The Morgan fingerprint density at radius 2 is 1.85 bits per heavy atom. The Kier molecular flexibility index (Phi) is 4.55. The van der Waals surface area contributed by atoms with E-state index in [4.69, 9.17) is 5.11 Å². The lowest BCUT2D eigenvalue weighted by atomic mass is 9.86. The van der Waals surface area contributed by atoms with Gasteiger partial charge in [0.25, 0.3) is 0 Å². The first-order valence-electron chi connectivity index (χ1n) is 7.68. The van der Waals surface area contributed by atoms with Gasteiger partial charge in [0.05, 0.1) is 5.92 Å². The summed E-state index contributed by atoms with van der Waals surface area (Å²) in [6.45, 7) is 8.32. The minimum atomic E-state index is -0.782. The highest BCUT2D eigenvalue weighted by Crippen LogP contribution is 2.28. The monoisotopic (exact) mass is 282 g/mol. The molecule has 4 atom stereocenters. The van der Waals surface area contributed by atoms with E-state index >= 15 is 0 Å². The van der Waals surface area contributed by atoms with E-state index in [0.717, 1.165) is 19.4 Å². The van der Waals surface area contributed by atoms with Gasteiger partial charge in [-0.3, -0.25) is 4.79 Å². The topological polar surface area (TPSA) is 60.9 Å². The van der Waals surface area contributed by atoms with Gasteiger partial charge >= 0.3 is 12.0 Å². The van der Waals surface area contributed by atoms with Crippen LogP contribution in [0.2, 0.25) is 0 Å². The molecule has 1 N–H and O–H groups in total. The summed E-state index contributed by atoms with van der Waals surface area (Å²) < 4.78 is 0. The molecule has 2 rings (SSSR count). The summed E-state index contributed by atoms with van der Waals surface area (Å²) in [7, 11) is 0. The van der Waals surface area contributed by atoms with Crippen LogP contribution in [0.15, 0.2) is 0 Å². The molecule has 2 amide bonds. The number of likely N-dealkylation sites (tertiary alicyclic amines) is 2. The van der Waals surface area contributed by atoms with E-state index in [-0.39, 0.29) is 12.1 Å². The average Bonchev–Trinajstić information content (AvgIpc) is 2.42. The number of aliphatic carboxylic acids is 1. The molecule has 5 heteroatoms. The molecular weight excluding hydrogens is 256 g/mol. The molecule has 0 aromatic heterocycles. The van der Waals surface area contributed by atoms with Gasteiger partial charge < -0.3 is 14.9 Å². The average molecular weight is 282 g/mol. The number of hydrogen-bond acceptors (Lipinski definition) is 2. The Morgan fingerprint density at radius 1 is 1.15 bits per heavy atom. The van der Waals surface area contributed by atoms with Crippen molar-refractivity contribution >= 4 is 12.0 Å². The first-order chi connectivity index (χ1) is 9.40. The van der Waals surface area contributed by atoms with Gasteiger partial charge in [-0.05, 0) is 38.0 Å². The van der Waals surface area contributed by atoms with Gasteiger partial charge in [-0.25, -0.2) is 4.79 Å². The predicted molar refractivity (Wildman–Crippen MR) is 76.4 cm³/mol. The number of piperidine rings is 2. The van der Waals surface area contributed by atoms with Crippen LogP contribution < -0.4 is 0 Å². The fourth-order valence-electron chi connectivity index (χ4n) is 3.50. The van der Waals surface area contributed by atoms with Gasteiger partial charge in [0.2, 0.25) is 0 Å². The number of carbonyl (C=O) groups is 2. The van der Waals surface area contributed by atoms with E-state index < -0.39 is 11.9 Å². The number of carboxylic acid groups (broad SMARTS) is 1. The zero-order chi connectivity index (χ0) is 14.9. The molecule has 2 aliphatic heterocycles. The fourth-order valence-corrected chi connectivity index (χ4v) is 3.50. The summed E-state index contributed by atoms with van der Waals surface area (Å²) in [5.41, 5.74) is 0. The van der Waals surface area contributed by atoms with Crippen molar-refractivity contribution in [1.82, 2.24) is 9.80 Å². The molecule has 3 unspecified atom stereocenters. The van der Waals surface area contributed by atoms with Crippen LogP contribution in [0.4, 0.5) is 4.79 Å². The highest BCUT2D eigenvalue weighted by atomic mass is 16.4. The summed E-state index contributed by atoms with van der Waals surface area (Å²) >= 11 is 0. The summed E-state index contributed by atoms with van der Waals surface area (Å²) in [5, 5.41) is 9.13. The van der Waals surface area contributed by atoms with Crippen molar-refractivity contribution in [2.75, 3.05) is 19.6 Å². The largest absolute Gasteiger partial charge is 0.481 e. The molecule has 2 heterocycles. The smallest absolute Gasteiger partial charge is 0.320 e. The lowest BCUT2D eigenvalue weighted by Crippen LogP contribution is -2.55. The maximum absolute atomic E-state index is 12.7. The molecule has 2 aliphatic rings. The Labute approximate surface area is 120 Å². The third-order valence-electron chi connectivity index (χ3n) is 4.88. The highest BCUT2D eigenvalue weighted by molar-refractivity contribution is 5.77. The van der Waals surface area contributed by atoms with Gasteiger partial charge in [0.15, 0.2) is 0 Å². The molecule has 0 saturated carbocycles. The Balaban J connectivity index is 2.04. The minimum absolute atomic E-state index is 0.0295. The zero-order valence-corrected chi connectivity index (χ0v) is 12.7. The zero-order valence-electron chi connectivity index (χ0n) is 12.7. The van der Waals surface area contributed by atoms with E-state index in [1.165, 1.54) is 0 Å². The second-order valence-corrected chi connectivity index (χ2v) is 6.62. The normalized spacial score (nSPS) is 35.0. The minimum Gasteiger partial charge on any atom is -0.481 e. The number of rotatable bonds is 1. The van der Waals surface area contributed by atoms with Crippen LogP contribution >= 0.6 is 0 Å². The molecule has 20 heavy (non-hydrogen) atoms. The SMILES string of the molecule is CC1CC(C)C(C)N(C(=O)N2CCC[C@@H](C(=O)O)C2)C1. The summed E-state index contributed by atoms with van der Waals surface area (Å²) in [6.07, 6.45) is 2.63. The van der Waals surface area contributed by atoms with E-state index in [2.05, 4.69) is 20.8 Å². The van der Waals surface area contributed by atoms with Crippen LogP contribution in [0.25, 0.3) is 0 Å². The number of nitrogens with zero attached hydrogens (tertiary/aromatic N) is 2. The van der Waals surface area contributed by atoms with Gasteiger partial charge in [-0.15, -0.1) is 0 Å². The van der Waals surface area contributed by atoms with Crippen LogP contribution in [0.5, 0.6) is 0 Å². The van der Waals surface area contributed by atoms with Crippen LogP contribution in [0.3, 0.4) is 0 Å². The van der Waals surface area contributed by atoms with E-state index in [1.54, 1.807) is 4.90 Å². The molecule has 2 saturated heterocycles. The summed E-state index contributed by atoms with van der Waals surface area (Å²) in [6, 6.07) is 0.269. The van der Waals surface area contributed by atoms with E-state index in [9.17, 15) is 9.59 Å². The Morgan fingerprint density at radius 3 is 2.50 bits per heavy atom. The van der Waals surface area contributed by atoms with Crippen molar-refractivity contribution in [3.8, 4) is 0 Å². The quantitative estimate of drug-likeness (QED) is 0.802. The first kappa shape index (κ1) is 15.1. The number of amides is 2. The molecule has 0 bridgehead atoms. The van der Waals surface area contributed by atoms with Crippen LogP contribution in [-0.2, 0) is 4.79 Å². The standard InChI is InChI=1S/C15H26N2O3/c1-10-7-11(2)12(3)17(8-10)15(20)16-6-4-5-13(9-16)14(18)19/h10-13H,4-9H2,1-3H3,(H,18,19)/t10?,11?,12?,13-/m1/s1. The molecule has 5 nitrogen and oxygen atoms in total. The van der Waals surface area contributed by atoms with Crippen molar-refractivity contribution in [3.05, 3.63) is 0 Å². The lowest BCUT2D eigenvalue weighted by molar-refractivity contribution is -0.143. The summed E-state index contributed by atoms with van der Waals surface area (Å²) in [5.74, 6) is -0.161. The molecule has 2 fully saturated rings.